The summed E-state index contributed by atoms with van der Waals surface area (Å²) in [5.74, 6) is 0. The number of benzene rings is 1. The molecule has 0 aliphatic heterocycles. The van der Waals surface area contributed by atoms with Gasteiger partial charge >= 0.3 is 0 Å². The molecule has 0 amide bonds. The zero-order chi connectivity index (χ0) is 12.5. The summed E-state index contributed by atoms with van der Waals surface area (Å²) in [6.45, 7) is 4.16. The Kier molecular flexibility index (Phi) is 6.41. The van der Waals surface area contributed by atoms with Crippen molar-refractivity contribution in [1.29, 1.82) is 0 Å². The van der Waals surface area contributed by atoms with Crippen molar-refractivity contribution in [3.8, 4) is 0 Å². The number of aryl methyl sites for hydroxylation is 1. The number of carbonyl (C=O) groups is 1. The van der Waals surface area contributed by atoms with E-state index < -0.39 is 0 Å². The fourth-order valence-electron chi connectivity index (χ4n) is 1.29. The standard InChI is InChI=1S/C15H18OS/c1-3-4-5-6-14(11-12-16)17-15-9-7-13(2)8-10-15/h4-10,12H,3,11H2,1-2H3/b5-4-,14-6+. The highest BCUT2D eigenvalue weighted by molar-refractivity contribution is 8.03. The molecule has 0 spiro atoms. The predicted molar refractivity (Wildman–Crippen MR) is 75.2 cm³/mol. The monoisotopic (exact) mass is 246 g/mol. The van der Waals surface area contributed by atoms with Crippen LogP contribution in [0.4, 0.5) is 0 Å². The SMILES string of the molecule is CC/C=C\C=C(/CC=O)Sc1ccc(C)cc1. The van der Waals surface area contributed by atoms with Crippen LogP contribution in [0.2, 0.25) is 0 Å². The molecule has 2 heteroatoms. The number of allylic oxidation sites excluding steroid dienone is 4. The van der Waals surface area contributed by atoms with Gasteiger partial charge in [0.1, 0.15) is 6.29 Å². The quantitative estimate of drug-likeness (QED) is 0.417. The number of aldehydes is 1. The fourth-order valence-corrected chi connectivity index (χ4v) is 2.17. The first-order chi connectivity index (χ1) is 8.26. The molecule has 0 aromatic heterocycles. The third-order valence-electron chi connectivity index (χ3n) is 2.21. The Balaban J connectivity index is 2.72. The summed E-state index contributed by atoms with van der Waals surface area (Å²) in [4.78, 5) is 12.9. The molecule has 0 bridgehead atoms. The molecular formula is C15H18OS. The van der Waals surface area contributed by atoms with Crippen LogP contribution in [0, 0.1) is 6.92 Å². The Morgan fingerprint density at radius 3 is 2.59 bits per heavy atom. The molecule has 1 aromatic carbocycles. The van der Waals surface area contributed by atoms with Gasteiger partial charge < -0.3 is 4.79 Å². The Labute approximate surface area is 108 Å². The van der Waals surface area contributed by atoms with Gasteiger partial charge in [0.2, 0.25) is 0 Å². The van der Waals surface area contributed by atoms with Crippen molar-refractivity contribution in [1.82, 2.24) is 0 Å². The zero-order valence-electron chi connectivity index (χ0n) is 10.3. The van der Waals surface area contributed by atoms with E-state index in [1.165, 1.54) is 10.5 Å². The van der Waals surface area contributed by atoms with Crippen LogP contribution in [0.25, 0.3) is 0 Å². The molecule has 1 aromatic rings. The first-order valence-corrected chi connectivity index (χ1v) is 6.61. The van der Waals surface area contributed by atoms with E-state index >= 15 is 0 Å². The second kappa shape index (κ2) is 7.91. The van der Waals surface area contributed by atoms with E-state index in [2.05, 4.69) is 44.2 Å². The number of rotatable bonds is 6. The van der Waals surface area contributed by atoms with E-state index in [1.54, 1.807) is 11.8 Å². The maximum atomic E-state index is 10.6. The van der Waals surface area contributed by atoms with Crippen molar-refractivity contribution in [3.05, 3.63) is 53.0 Å². The summed E-state index contributed by atoms with van der Waals surface area (Å²) in [7, 11) is 0. The summed E-state index contributed by atoms with van der Waals surface area (Å²) in [6, 6.07) is 8.34. The Morgan fingerprint density at radius 2 is 2.00 bits per heavy atom. The highest BCUT2D eigenvalue weighted by Gasteiger charge is 1.99. The molecule has 1 rings (SSSR count). The number of thioether (sulfide) groups is 1. The summed E-state index contributed by atoms with van der Waals surface area (Å²) in [5.41, 5.74) is 1.25. The molecule has 0 aliphatic rings. The van der Waals surface area contributed by atoms with Gasteiger partial charge in [0.25, 0.3) is 0 Å². The van der Waals surface area contributed by atoms with Crippen LogP contribution in [0.1, 0.15) is 25.3 Å². The van der Waals surface area contributed by atoms with Gasteiger partial charge in [0.05, 0.1) is 0 Å². The largest absolute Gasteiger partial charge is 0.303 e. The molecule has 0 saturated carbocycles. The van der Waals surface area contributed by atoms with Crippen LogP contribution < -0.4 is 0 Å². The lowest BCUT2D eigenvalue weighted by atomic mass is 10.2. The lowest BCUT2D eigenvalue weighted by Crippen LogP contribution is -1.80. The van der Waals surface area contributed by atoms with E-state index in [1.807, 2.05) is 12.2 Å². The van der Waals surface area contributed by atoms with Crippen molar-refractivity contribution in [2.45, 2.75) is 31.6 Å². The first-order valence-electron chi connectivity index (χ1n) is 5.80. The molecule has 0 aliphatic carbocycles. The fraction of sp³-hybridized carbons (Fsp3) is 0.267. The smallest absolute Gasteiger partial charge is 0.124 e. The van der Waals surface area contributed by atoms with Crippen LogP contribution in [0.15, 0.2) is 52.3 Å². The number of hydrogen-bond donors (Lipinski definition) is 0. The van der Waals surface area contributed by atoms with Crippen molar-refractivity contribution < 1.29 is 4.79 Å². The second-order valence-corrected chi connectivity index (χ2v) is 4.96. The summed E-state index contributed by atoms with van der Waals surface area (Å²) >= 11 is 1.65. The second-order valence-electron chi connectivity index (χ2n) is 3.76. The van der Waals surface area contributed by atoms with E-state index in [0.29, 0.717) is 6.42 Å². The lowest BCUT2D eigenvalue weighted by molar-refractivity contribution is -0.107. The van der Waals surface area contributed by atoms with E-state index in [4.69, 9.17) is 0 Å². The molecule has 0 fully saturated rings. The van der Waals surface area contributed by atoms with Crippen molar-refractivity contribution in [3.63, 3.8) is 0 Å². The highest BCUT2D eigenvalue weighted by atomic mass is 32.2. The van der Waals surface area contributed by atoms with E-state index in [-0.39, 0.29) is 0 Å². The van der Waals surface area contributed by atoms with Crippen LogP contribution in [0.3, 0.4) is 0 Å². The molecular weight excluding hydrogens is 228 g/mol. The van der Waals surface area contributed by atoms with Crippen LogP contribution in [-0.4, -0.2) is 6.29 Å². The maximum absolute atomic E-state index is 10.6. The van der Waals surface area contributed by atoms with E-state index in [0.717, 1.165) is 17.6 Å². The normalized spacial score (nSPS) is 12.0. The maximum Gasteiger partial charge on any atom is 0.124 e. The molecule has 0 unspecified atom stereocenters. The molecule has 17 heavy (non-hydrogen) atoms. The Hall–Kier alpha value is -1.28. The average molecular weight is 246 g/mol. The molecule has 1 nitrogen and oxygen atoms in total. The molecule has 0 saturated heterocycles. The molecule has 0 heterocycles. The number of hydrogen-bond acceptors (Lipinski definition) is 2. The minimum atomic E-state index is 0.479. The van der Waals surface area contributed by atoms with Gasteiger partial charge in [-0.25, -0.2) is 0 Å². The van der Waals surface area contributed by atoms with Crippen molar-refractivity contribution in [2.75, 3.05) is 0 Å². The summed E-state index contributed by atoms with van der Waals surface area (Å²) in [6.07, 6.45) is 8.56. The van der Waals surface area contributed by atoms with Gasteiger partial charge in [0.15, 0.2) is 0 Å². The van der Waals surface area contributed by atoms with Gasteiger partial charge in [-0.2, -0.15) is 0 Å². The molecule has 0 atom stereocenters. The van der Waals surface area contributed by atoms with Gasteiger partial charge in [-0.1, -0.05) is 54.6 Å². The van der Waals surface area contributed by atoms with Crippen LogP contribution in [0.5, 0.6) is 0 Å². The average Bonchev–Trinajstić information content (AvgIpc) is 2.32. The molecule has 90 valence electrons. The van der Waals surface area contributed by atoms with Gasteiger partial charge in [-0.05, 0) is 30.4 Å². The van der Waals surface area contributed by atoms with E-state index in [9.17, 15) is 4.79 Å². The topological polar surface area (TPSA) is 17.1 Å². The molecule has 0 radical (unpaired) electrons. The minimum Gasteiger partial charge on any atom is -0.303 e. The third-order valence-corrected chi connectivity index (χ3v) is 3.28. The first kappa shape index (κ1) is 13.8. The van der Waals surface area contributed by atoms with Crippen molar-refractivity contribution in [2.24, 2.45) is 0 Å². The van der Waals surface area contributed by atoms with Crippen LogP contribution in [-0.2, 0) is 4.79 Å². The minimum absolute atomic E-state index is 0.479. The summed E-state index contributed by atoms with van der Waals surface area (Å²) < 4.78 is 0. The zero-order valence-corrected chi connectivity index (χ0v) is 11.2. The number of carbonyl (C=O) groups excluding carboxylic acids is 1. The van der Waals surface area contributed by atoms with Crippen molar-refractivity contribution >= 4 is 18.0 Å². The Morgan fingerprint density at radius 1 is 1.29 bits per heavy atom. The predicted octanol–water partition coefficient (Wildman–Crippen LogP) is 4.53. The lowest BCUT2D eigenvalue weighted by Gasteiger charge is -2.03. The highest BCUT2D eigenvalue weighted by Crippen LogP contribution is 2.28. The molecule has 0 N–H and O–H groups in total. The van der Waals surface area contributed by atoms with Gasteiger partial charge in [0, 0.05) is 11.3 Å². The van der Waals surface area contributed by atoms with Crippen LogP contribution >= 0.6 is 11.8 Å². The van der Waals surface area contributed by atoms with Gasteiger partial charge in [-0.15, -0.1) is 0 Å². The van der Waals surface area contributed by atoms with Gasteiger partial charge in [-0.3, -0.25) is 0 Å². The Bertz CT molecular complexity index is 401. The summed E-state index contributed by atoms with van der Waals surface area (Å²) in [5, 5.41) is 0. The third kappa shape index (κ3) is 5.55.